The van der Waals surface area contributed by atoms with Crippen molar-refractivity contribution in [2.75, 3.05) is 49.9 Å². The third-order valence-corrected chi connectivity index (χ3v) is 8.71. The third-order valence-electron chi connectivity index (χ3n) is 8.71. The van der Waals surface area contributed by atoms with E-state index in [2.05, 4.69) is 20.4 Å². The van der Waals surface area contributed by atoms with E-state index in [1.807, 2.05) is 72.8 Å². The van der Waals surface area contributed by atoms with Gasteiger partial charge in [0.1, 0.15) is 5.76 Å². The van der Waals surface area contributed by atoms with Crippen molar-refractivity contribution in [3.8, 4) is 33.8 Å². The molecule has 0 spiro atoms. The second kappa shape index (κ2) is 15.1. The van der Waals surface area contributed by atoms with Gasteiger partial charge in [0.15, 0.2) is 0 Å². The molecule has 45 heavy (non-hydrogen) atoms. The Morgan fingerprint density at radius 1 is 0.644 bits per heavy atom. The fraction of sp³-hybridized carbons (Fsp3) is 0.378. The number of rotatable bonds is 13. The lowest BCUT2D eigenvalue weighted by molar-refractivity contribution is -0.117. The zero-order chi connectivity index (χ0) is 30.8. The second-order valence-electron chi connectivity index (χ2n) is 12.2. The van der Waals surface area contributed by atoms with E-state index in [9.17, 15) is 9.59 Å². The van der Waals surface area contributed by atoms with Crippen molar-refractivity contribution in [2.24, 2.45) is 0 Å². The molecule has 2 aromatic carbocycles. The summed E-state index contributed by atoms with van der Waals surface area (Å²) in [6.45, 7) is 6.60. The van der Waals surface area contributed by atoms with Crippen LogP contribution in [-0.4, -0.2) is 65.9 Å². The van der Waals surface area contributed by atoms with Crippen molar-refractivity contribution in [1.29, 1.82) is 0 Å². The lowest BCUT2D eigenvalue weighted by Gasteiger charge is -2.14. The van der Waals surface area contributed by atoms with E-state index in [0.717, 1.165) is 97.3 Å². The highest BCUT2D eigenvalue weighted by Gasteiger charge is 2.14. The fourth-order valence-electron chi connectivity index (χ4n) is 6.25. The fourth-order valence-corrected chi connectivity index (χ4v) is 6.25. The Morgan fingerprint density at radius 2 is 1.11 bits per heavy atom. The number of pyridine rings is 1. The van der Waals surface area contributed by atoms with E-state index in [0.29, 0.717) is 12.8 Å². The topological polar surface area (TPSA) is 90.7 Å². The minimum atomic E-state index is 0.0453. The Bertz CT molecular complexity index is 1440. The van der Waals surface area contributed by atoms with Gasteiger partial charge in [-0.1, -0.05) is 24.3 Å². The predicted octanol–water partition coefficient (Wildman–Crippen LogP) is 7.30. The van der Waals surface area contributed by atoms with Crippen molar-refractivity contribution in [3.05, 3.63) is 79.1 Å². The molecule has 4 aromatic rings. The number of nitrogens with zero attached hydrogens (tertiary/aromatic N) is 3. The Kier molecular flexibility index (Phi) is 10.3. The normalized spacial score (nSPS) is 15.4. The van der Waals surface area contributed by atoms with Gasteiger partial charge in [0, 0.05) is 40.9 Å². The number of hydrogen-bond donors (Lipinski definition) is 2. The zero-order valence-electron chi connectivity index (χ0n) is 26.0. The maximum Gasteiger partial charge on any atom is 0.224 e. The van der Waals surface area contributed by atoms with Crippen LogP contribution in [0.1, 0.15) is 51.4 Å². The van der Waals surface area contributed by atoms with Gasteiger partial charge < -0.3 is 24.9 Å². The molecule has 2 aliphatic heterocycles. The van der Waals surface area contributed by atoms with E-state index in [4.69, 9.17) is 9.40 Å². The smallest absolute Gasteiger partial charge is 0.224 e. The molecule has 2 amide bonds. The number of hydrogen-bond acceptors (Lipinski definition) is 6. The number of nitrogens with one attached hydrogen (secondary N) is 2. The van der Waals surface area contributed by atoms with Gasteiger partial charge in [-0.3, -0.25) is 9.59 Å². The number of aromatic nitrogens is 1. The number of amides is 2. The molecule has 0 unspecified atom stereocenters. The molecule has 0 aliphatic carbocycles. The van der Waals surface area contributed by atoms with E-state index in [-0.39, 0.29) is 11.8 Å². The molecule has 2 saturated heterocycles. The monoisotopic (exact) mass is 605 g/mol. The Hall–Kier alpha value is -4.27. The first-order chi connectivity index (χ1) is 22.1. The van der Waals surface area contributed by atoms with Gasteiger partial charge in [-0.2, -0.15) is 0 Å². The number of carbonyl (C=O) groups is 2. The summed E-state index contributed by atoms with van der Waals surface area (Å²) in [4.78, 5) is 34.9. The molecule has 0 bridgehead atoms. The summed E-state index contributed by atoms with van der Waals surface area (Å²) >= 11 is 0. The lowest BCUT2D eigenvalue weighted by Crippen LogP contribution is -2.22. The Morgan fingerprint density at radius 3 is 1.53 bits per heavy atom. The van der Waals surface area contributed by atoms with Gasteiger partial charge in [0.05, 0.1) is 17.7 Å². The minimum Gasteiger partial charge on any atom is -0.464 e. The molecule has 234 valence electrons. The molecule has 4 heterocycles. The van der Waals surface area contributed by atoms with Crippen LogP contribution in [-0.2, 0) is 9.59 Å². The number of furan rings is 1. The Labute approximate surface area is 265 Å². The average Bonchev–Trinajstić information content (AvgIpc) is 3.87. The van der Waals surface area contributed by atoms with Gasteiger partial charge >= 0.3 is 0 Å². The quantitative estimate of drug-likeness (QED) is 0.166. The van der Waals surface area contributed by atoms with Crippen molar-refractivity contribution in [3.63, 3.8) is 0 Å². The van der Waals surface area contributed by atoms with Crippen LogP contribution in [0.3, 0.4) is 0 Å². The molecule has 2 aromatic heterocycles. The standard InChI is InChI=1S/C37H43N5O3/c43-36(9-5-23-41-19-1-2-20-41)38-31-15-11-28(12-16-31)33-26-30(35-8-7-25-45-35)27-34(40-33)29-13-17-32(18-14-29)39-37(44)10-6-24-42-21-3-4-22-42/h7-8,11-18,25-27H,1-6,9-10,19-24H2,(H,38,43)(H,39,44). The summed E-state index contributed by atoms with van der Waals surface area (Å²) in [6, 6.07) is 23.5. The largest absolute Gasteiger partial charge is 0.464 e. The first kappa shape index (κ1) is 30.7. The molecule has 2 N–H and O–H groups in total. The van der Waals surface area contributed by atoms with Crippen LogP contribution in [0.2, 0.25) is 0 Å². The summed E-state index contributed by atoms with van der Waals surface area (Å²) in [5.41, 5.74) is 5.97. The first-order valence-corrected chi connectivity index (χ1v) is 16.4. The van der Waals surface area contributed by atoms with Crippen molar-refractivity contribution < 1.29 is 14.0 Å². The molecular weight excluding hydrogens is 562 g/mol. The van der Waals surface area contributed by atoms with Crippen molar-refractivity contribution in [2.45, 2.75) is 51.4 Å². The van der Waals surface area contributed by atoms with Crippen molar-refractivity contribution >= 4 is 23.2 Å². The predicted molar refractivity (Wildman–Crippen MR) is 180 cm³/mol. The highest BCUT2D eigenvalue weighted by molar-refractivity contribution is 5.91. The van der Waals surface area contributed by atoms with Gasteiger partial charge in [-0.05, 0) is 126 Å². The lowest BCUT2D eigenvalue weighted by atomic mass is 10.0. The molecule has 0 atom stereocenters. The zero-order valence-corrected chi connectivity index (χ0v) is 26.0. The molecule has 2 aliphatic rings. The molecule has 2 fully saturated rings. The minimum absolute atomic E-state index is 0.0453. The second-order valence-corrected chi connectivity index (χ2v) is 12.2. The van der Waals surface area contributed by atoms with Crippen LogP contribution < -0.4 is 10.6 Å². The maximum atomic E-state index is 12.5. The van der Waals surface area contributed by atoms with Crippen LogP contribution in [0.25, 0.3) is 33.8 Å². The van der Waals surface area contributed by atoms with Gasteiger partial charge in [0.25, 0.3) is 0 Å². The Balaban J connectivity index is 1.10. The highest BCUT2D eigenvalue weighted by Crippen LogP contribution is 2.31. The molecule has 8 nitrogen and oxygen atoms in total. The van der Waals surface area contributed by atoms with Crippen LogP contribution in [0.4, 0.5) is 11.4 Å². The number of carbonyl (C=O) groups excluding carboxylic acids is 2. The van der Waals surface area contributed by atoms with Crippen LogP contribution >= 0.6 is 0 Å². The maximum absolute atomic E-state index is 12.5. The third kappa shape index (κ3) is 8.68. The van der Waals surface area contributed by atoms with E-state index in [1.54, 1.807) is 6.26 Å². The molecule has 8 heteroatoms. The number of benzene rings is 2. The SMILES string of the molecule is O=C(CCCN1CCCC1)Nc1ccc(-c2cc(-c3ccco3)cc(-c3ccc(NC(=O)CCCN4CCCC4)cc3)n2)cc1. The summed E-state index contributed by atoms with van der Waals surface area (Å²) in [5, 5.41) is 6.07. The van der Waals surface area contributed by atoms with Crippen molar-refractivity contribution in [1.82, 2.24) is 14.8 Å². The molecule has 0 saturated carbocycles. The van der Waals surface area contributed by atoms with Gasteiger partial charge in [0.2, 0.25) is 11.8 Å². The number of anilines is 2. The highest BCUT2D eigenvalue weighted by atomic mass is 16.3. The van der Waals surface area contributed by atoms with Gasteiger partial charge in [-0.15, -0.1) is 0 Å². The van der Waals surface area contributed by atoms with Crippen LogP contribution in [0.15, 0.2) is 83.5 Å². The van der Waals surface area contributed by atoms with Crippen LogP contribution in [0, 0.1) is 0 Å². The summed E-state index contributed by atoms with van der Waals surface area (Å²) in [7, 11) is 0. The van der Waals surface area contributed by atoms with E-state index in [1.165, 1.54) is 25.7 Å². The van der Waals surface area contributed by atoms with Crippen LogP contribution in [0.5, 0.6) is 0 Å². The number of likely N-dealkylation sites (tertiary alicyclic amines) is 2. The molecule has 0 radical (unpaired) electrons. The molecule has 6 rings (SSSR count). The van der Waals surface area contributed by atoms with Gasteiger partial charge in [-0.25, -0.2) is 4.98 Å². The van der Waals surface area contributed by atoms with E-state index >= 15 is 0 Å². The summed E-state index contributed by atoms with van der Waals surface area (Å²) in [6.07, 6.45) is 9.54. The van der Waals surface area contributed by atoms with E-state index < -0.39 is 0 Å². The average molecular weight is 606 g/mol. The first-order valence-electron chi connectivity index (χ1n) is 16.4. The summed E-state index contributed by atoms with van der Waals surface area (Å²) < 4.78 is 5.73. The summed E-state index contributed by atoms with van der Waals surface area (Å²) in [5.74, 6) is 0.850. The molecular formula is C37H43N5O3.